The van der Waals surface area contributed by atoms with E-state index in [0.29, 0.717) is 10.8 Å². The molecule has 2 N–H and O–H groups in total. The largest absolute Gasteiger partial charge is 0.481 e. The molecule has 1 aromatic heterocycles. The van der Waals surface area contributed by atoms with Gasteiger partial charge in [0.25, 0.3) is 0 Å². The molecule has 0 aliphatic heterocycles. The first-order valence-corrected chi connectivity index (χ1v) is 7.99. The van der Waals surface area contributed by atoms with E-state index in [4.69, 9.17) is 5.11 Å². The lowest BCUT2D eigenvalue weighted by atomic mass is 9.83. The fraction of sp³-hybridized carbons (Fsp3) is 0.545. The van der Waals surface area contributed by atoms with Crippen LogP contribution in [0.25, 0.3) is 0 Å². The molecule has 0 spiro atoms. The van der Waals surface area contributed by atoms with Gasteiger partial charge in [-0.1, -0.05) is 6.92 Å². The summed E-state index contributed by atoms with van der Waals surface area (Å²) in [6, 6.07) is 3.04. The molecule has 7 heteroatoms. The number of nitrogens with one attached hydrogen (secondary N) is 1. The molecule has 18 heavy (non-hydrogen) atoms. The maximum atomic E-state index is 12.0. The molecule has 1 aliphatic carbocycles. The zero-order chi connectivity index (χ0) is 13.3. The van der Waals surface area contributed by atoms with Crippen LogP contribution in [0.1, 0.15) is 24.6 Å². The van der Waals surface area contributed by atoms with Gasteiger partial charge in [-0.25, -0.2) is 13.1 Å². The van der Waals surface area contributed by atoms with Gasteiger partial charge in [0, 0.05) is 10.9 Å². The van der Waals surface area contributed by atoms with Gasteiger partial charge in [0.2, 0.25) is 10.0 Å². The Morgan fingerprint density at radius 3 is 2.72 bits per heavy atom. The van der Waals surface area contributed by atoms with Crippen molar-refractivity contribution in [2.24, 2.45) is 5.92 Å². The van der Waals surface area contributed by atoms with Gasteiger partial charge in [-0.05, 0) is 30.9 Å². The average molecular weight is 289 g/mol. The van der Waals surface area contributed by atoms with Gasteiger partial charge >= 0.3 is 5.97 Å². The van der Waals surface area contributed by atoms with Gasteiger partial charge in [0.15, 0.2) is 0 Å². The predicted molar refractivity (Wildman–Crippen MR) is 68.2 cm³/mol. The molecule has 1 saturated carbocycles. The molecular weight excluding hydrogens is 274 g/mol. The molecule has 5 nitrogen and oxygen atoms in total. The Bertz CT molecular complexity index is 543. The van der Waals surface area contributed by atoms with E-state index in [2.05, 4.69) is 11.6 Å². The normalized spacial score (nSPS) is 23.6. The highest BCUT2D eigenvalue weighted by Crippen LogP contribution is 2.29. The van der Waals surface area contributed by atoms with Gasteiger partial charge in [-0.3, -0.25) is 4.79 Å². The predicted octanol–water partition coefficient (Wildman–Crippen LogP) is 1.45. The lowest BCUT2D eigenvalue weighted by Gasteiger charge is -2.32. The van der Waals surface area contributed by atoms with Crippen LogP contribution < -0.4 is 4.72 Å². The summed E-state index contributed by atoms with van der Waals surface area (Å²) >= 11 is 1.01. The van der Waals surface area contributed by atoms with E-state index in [1.807, 2.05) is 0 Å². The number of hydrogen-bond donors (Lipinski definition) is 2. The Balaban J connectivity index is 2.05. The second-order valence-electron chi connectivity index (χ2n) is 4.69. The highest BCUT2D eigenvalue weighted by atomic mass is 32.2. The van der Waals surface area contributed by atoms with Crippen molar-refractivity contribution in [3.63, 3.8) is 0 Å². The van der Waals surface area contributed by atoms with Crippen LogP contribution in [-0.2, 0) is 21.2 Å². The Morgan fingerprint density at radius 1 is 1.50 bits per heavy atom. The molecule has 0 bridgehead atoms. The van der Waals surface area contributed by atoms with Crippen LogP contribution in [0.3, 0.4) is 0 Å². The van der Waals surface area contributed by atoms with Gasteiger partial charge in [0.05, 0.1) is 6.42 Å². The van der Waals surface area contributed by atoms with Crippen LogP contribution >= 0.6 is 11.3 Å². The van der Waals surface area contributed by atoms with E-state index in [1.165, 1.54) is 6.07 Å². The molecule has 1 heterocycles. The number of hydrogen-bond acceptors (Lipinski definition) is 4. The van der Waals surface area contributed by atoms with Crippen molar-refractivity contribution in [1.29, 1.82) is 0 Å². The summed E-state index contributed by atoms with van der Waals surface area (Å²) in [6.07, 6.45) is 1.60. The molecule has 1 aliphatic rings. The molecule has 1 fully saturated rings. The fourth-order valence-corrected chi connectivity index (χ4v) is 4.65. The first-order valence-electron chi connectivity index (χ1n) is 5.69. The summed E-state index contributed by atoms with van der Waals surface area (Å²) in [4.78, 5) is 11.1. The number of carboxylic acid groups (broad SMARTS) is 1. The first kappa shape index (κ1) is 13.5. The Labute approximate surface area is 110 Å². The quantitative estimate of drug-likeness (QED) is 0.859. The second-order valence-corrected chi connectivity index (χ2v) is 7.80. The lowest BCUT2D eigenvalue weighted by Crippen LogP contribution is -2.43. The minimum absolute atomic E-state index is 0.0232. The molecule has 100 valence electrons. The van der Waals surface area contributed by atoms with Crippen LogP contribution in [0.5, 0.6) is 0 Å². The summed E-state index contributed by atoms with van der Waals surface area (Å²) in [6.45, 7) is 2.08. The summed E-state index contributed by atoms with van der Waals surface area (Å²) in [7, 11) is -3.48. The van der Waals surface area contributed by atoms with Crippen molar-refractivity contribution in [3.8, 4) is 0 Å². The zero-order valence-electron chi connectivity index (χ0n) is 9.92. The smallest absolute Gasteiger partial charge is 0.308 e. The van der Waals surface area contributed by atoms with E-state index >= 15 is 0 Å². The molecular formula is C11H15NO4S2. The average Bonchev–Trinajstić information content (AvgIpc) is 2.63. The topological polar surface area (TPSA) is 83.5 Å². The van der Waals surface area contributed by atoms with Gasteiger partial charge in [0.1, 0.15) is 4.21 Å². The monoisotopic (exact) mass is 289 g/mol. The van der Waals surface area contributed by atoms with Crippen LogP contribution in [0.15, 0.2) is 16.3 Å². The van der Waals surface area contributed by atoms with Gasteiger partial charge in [-0.15, -0.1) is 11.3 Å². The van der Waals surface area contributed by atoms with Crippen LogP contribution in [-0.4, -0.2) is 25.5 Å². The Hall–Kier alpha value is -0.920. The van der Waals surface area contributed by atoms with E-state index in [-0.39, 0.29) is 16.7 Å². The third kappa shape index (κ3) is 3.09. The lowest BCUT2D eigenvalue weighted by molar-refractivity contribution is -0.136. The molecule has 0 atom stereocenters. The van der Waals surface area contributed by atoms with Crippen molar-refractivity contribution in [1.82, 2.24) is 4.72 Å². The van der Waals surface area contributed by atoms with Gasteiger partial charge in [-0.2, -0.15) is 0 Å². The van der Waals surface area contributed by atoms with Crippen molar-refractivity contribution in [2.75, 3.05) is 0 Å². The number of rotatable bonds is 5. The standard InChI is InChI=1S/C11H15NO4S2/c1-7-4-8(5-7)12-18(15,16)11-3-2-9(17-11)6-10(13)14/h2-3,7-8,12H,4-6H2,1H3,(H,13,14). The SMILES string of the molecule is CC1CC(NS(=O)(=O)c2ccc(CC(=O)O)s2)C1. The maximum Gasteiger partial charge on any atom is 0.308 e. The molecule has 0 saturated heterocycles. The Kier molecular flexibility index (Phi) is 3.74. The van der Waals surface area contributed by atoms with Crippen LogP contribution in [0, 0.1) is 5.92 Å². The third-order valence-electron chi connectivity index (χ3n) is 2.92. The van der Waals surface area contributed by atoms with Crippen LogP contribution in [0.4, 0.5) is 0 Å². The summed E-state index contributed by atoms with van der Waals surface area (Å²) in [5, 5.41) is 8.64. The molecule has 0 unspecified atom stereocenters. The van der Waals surface area contributed by atoms with Crippen LogP contribution in [0.2, 0.25) is 0 Å². The second kappa shape index (κ2) is 4.99. The number of aliphatic carboxylic acids is 1. The minimum Gasteiger partial charge on any atom is -0.481 e. The number of carbonyl (C=O) groups is 1. The highest BCUT2D eigenvalue weighted by molar-refractivity contribution is 7.91. The molecule has 0 amide bonds. The molecule has 0 radical (unpaired) electrons. The van der Waals surface area contributed by atoms with E-state index in [0.717, 1.165) is 24.2 Å². The maximum absolute atomic E-state index is 12.0. The molecule has 2 rings (SSSR count). The highest BCUT2D eigenvalue weighted by Gasteiger charge is 2.30. The van der Waals surface area contributed by atoms with Crippen molar-refractivity contribution in [2.45, 2.75) is 36.4 Å². The molecule has 0 aromatic carbocycles. The third-order valence-corrected chi connectivity index (χ3v) is 6.02. The number of thiophene rings is 1. The van der Waals surface area contributed by atoms with E-state index in [1.54, 1.807) is 6.07 Å². The summed E-state index contributed by atoms with van der Waals surface area (Å²) < 4.78 is 26.8. The number of carboxylic acids is 1. The van der Waals surface area contributed by atoms with E-state index < -0.39 is 16.0 Å². The first-order chi connectivity index (χ1) is 8.37. The number of sulfonamides is 1. The van der Waals surface area contributed by atoms with Crippen molar-refractivity contribution < 1.29 is 18.3 Å². The Morgan fingerprint density at radius 2 is 2.17 bits per heavy atom. The minimum atomic E-state index is -3.48. The summed E-state index contributed by atoms with van der Waals surface area (Å²) in [5.74, 6) is -0.384. The fourth-order valence-electron chi connectivity index (χ4n) is 2.02. The zero-order valence-corrected chi connectivity index (χ0v) is 11.6. The van der Waals surface area contributed by atoms with Gasteiger partial charge < -0.3 is 5.11 Å². The van der Waals surface area contributed by atoms with Crippen molar-refractivity contribution in [3.05, 3.63) is 17.0 Å². The summed E-state index contributed by atoms with van der Waals surface area (Å²) in [5.41, 5.74) is 0. The molecule has 1 aromatic rings. The van der Waals surface area contributed by atoms with E-state index in [9.17, 15) is 13.2 Å². The van der Waals surface area contributed by atoms with Crippen molar-refractivity contribution >= 4 is 27.3 Å².